The lowest BCUT2D eigenvalue weighted by molar-refractivity contribution is -0.354. The molecule has 3 aromatic rings. The highest BCUT2D eigenvalue weighted by Gasteiger charge is 2.51. The van der Waals surface area contributed by atoms with E-state index in [0.29, 0.717) is 0 Å². The molecular formula is C28H32O16. The van der Waals surface area contributed by atoms with Crippen LogP contribution in [0.25, 0.3) is 22.3 Å². The molecule has 1 aromatic heterocycles. The number of fused-ring (bicyclic) bond motifs is 1. The lowest BCUT2D eigenvalue weighted by atomic mass is 9.97. The molecule has 0 aliphatic carbocycles. The number of phenols is 3. The van der Waals surface area contributed by atoms with E-state index in [1.54, 1.807) is 0 Å². The lowest BCUT2D eigenvalue weighted by Gasteiger charge is -2.45. The Labute approximate surface area is 248 Å². The van der Waals surface area contributed by atoms with Crippen molar-refractivity contribution >= 4 is 11.0 Å². The fourth-order valence-corrected chi connectivity index (χ4v) is 5.08. The first-order valence-corrected chi connectivity index (χ1v) is 13.4. The number of benzene rings is 2. The monoisotopic (exact) mass is 624 g/mol. The van der Waals surface area contributed by atoms with Crippen molar-refractivity contribution in [3.05, 3.63) is 40.6 Å². The smallest absolute Gasteiger partial charge is 0.239 e. The number of rotatable bonds is 7. The molecule has 2 fully saturated rings. The van der Waals surface area contributed by atoms with Crippen LogP contribution in [0.15, 0.2) is 39.5 Å². The number of ether oxygens (including phenoxy) is 5. The van der Waals surface area contributed by atoms with E-state index >= 15 is 0 Å². The van der Waals surface area contributed by atoms with Crippen molar-refractivity contribution in [3.8, 4) is 40.1 Å². The zero-order chi connectivity index (χ0) is 32.0. The average molecular weight is 625 g/mol. The maximum absolute atomic E-state index is 13.8. The number of aromatic hydroxyl groups is 3. The van der Waals surface area contributed by atoms with E-state index in [1.165, 1.54) is 32.2 Å². The third kappa shape index (κ3) is 5.63. The molecule has 0 radical (unpaired) electrons. The molecule has 10 atom stereocenters. The minimum Gasteiger partial charge on any atom is -0.508 e. The van der Waals surface area contributed by atoms with Gasteiger partial charge < -0.3 is 74.1 Å². The third-order valence-corrected chi connectivity index (χ3v) is 7.52. The van der Waals surface area contributed by atoms with Crippen molar-refractivity contribution in [2.75, 3.05) is 13.7 Å². The van der Waals surface area contributed by atoms with Crippen molar-refractivity contribution in [2.45, 2.75) is 68.3 Å². The molecule has 5 rings (SSSR count). The Kier molecular flexibility index (Phi) is 8.90. The first kappa shape index (κ1) is 31.7. The summed E-state index contributed by atoms with van der Waals surface area (Å²) in [5.41, 5.74) is -1.15. The summed E-state index contributed by atoms with van der Waals surface area (Å²) in [7, 11) is 1.28. The van der Waals surface area contributed by atoms with E-state index in [4.69, 9.17) is 28.1 Å². The van der Waals surface area contributed by atoms with Crippen molar-refractivity contribution < 1.29 is 74.1 Å². The highest BCUT2D eigenvalue weighted by atomic mass is 16.8. The third-order valence-electron chi connectivity index (χ3n) is 7.52. The summed E-state index contributed by atoms with van der Waals surface area (Å²) >= 11 is 0. The van der Waals surface area contributed by atoms with Crippen molar-refractivity contribution in [3.63, 3.8) is 0 Å². The van der Waals surface area contributed by atoms with E-state index in [1.807, 2.05) is 0 Å². The summed E-state index contributed by atoms with van der Waals surface area (Å²) in [5, 5.41) is 92.3. The SMILES string of the molecule is COc1cc(-c2oc3cc(O)cc(O)c3c(=O)c2O[C@@H]2O[C@H](CO)[C@@H](O)[C@@H](O)[C@@H]2O[C@@H]2O[C@@H](C)[C@H](O)[C@@H](O)[C@@H]2O)ccc1O. The standard InChI is InChI=1S/C28H32O16/c1-9-18(33)21(36)23(38)27(40-9)44-26-22(37)19(34)16(8-29)42-28(26)43-25-20(35)17-13(32)6-11(30)7-15(17)41-24(25)10-3-4-12(31)14(5-10)39-2/h3-7,9,16,18-19,21-23,26-34,36-38H,8H2,1-2H3/t9-,16+,18-,19+,21+,22+,23-,26-,27-,28-/m0/s1. The molecule has 2 saturated heterocycles. The summed E-state index contributed by atoms with van der Waals surface area (Å²) in [5.74, 6) is -2.34. The van der Waals surface area contributed by atoms with Crippen LogP contribution >= 0.6 is 0 Å². The van der Waals surface area contributed by atoms with Gasteiger partial charge >= 0.3 is 0 Å². The van der Waals surface area contributed by atoms with Crippen LogP contribution in [-0.4, -0.2) is 121 Å². The second kappa shape index (κ2) is 12.4. The van der Waals surface area contributed by atoms with Crippen LogP contribution in [0.4, 0.5) is 0 Å². The number of hydrogen-bond acceptors (Lipinski definition) is 16. The van der Waals surface area contributed by atoms with Gasteiger partial charge in [-0.2, -0.15) is 0 Å². The Bertz CT molecular complexity index is 1560. The fourth-order valence-electron chi connectivity index (χ4n) is 5.08. The van der Waals surface area contributed by atoms with Crippen molar-refractivity contribution in [2.24, 2.45) is 0 Å². The number of aliphatic hydroxyl groups excluding tert-OH is 6. The molecule has 0 bridgehead atoms. The molecule has 16 nitrogen and oxygen atoms in total. The van der Waals surface area contributed by atoms with Gasteiger partial charge in [-0.3, -0.25) is 4.79 Å². The van der Waals surface area contributed by atoms with E-state index in [0.717, 1.165) is 12.1 Å². The Balaban J connectivity index is 1.63. The average Bonchev–Trinajstić information content (AvgIpc) is 2.99. The molecule has 3 heterocycles. The van der Waals surface area contributed by atoms with E-state index < -0.39 is 96.1 Å². The van der Waals surface area contributed by atoms with Crippen LogP contribution in [-0.2, 0) is 14.2 Å². The Hall–Kier alpha value is -3.71. The fraction of sp³-hybridized carbons (Fsp3) is 0.464. The molecule has 9 N–H and O–H groups in total. The summed E-state index contributed by atoms with van der Waals surface area (Å²) in [6, 6.07) is 5.81. The summed E-state index contributed by atoms with van der Waals surface area (Å²) in [4.78, 5) is 13.8. The van der Waals surface area contributed by atoms with Crippen LogP contribution < -0.4 is 14.9 Å². The van der Waals surface area contributed by atoms with Crippen LogP contribution in [0.5, 0.6) is 28.7 Å². The second-order valence-electron chi connectivity index (χ2n) is 10.4. The minimum atomic E-state index is -1.89. The molecule has 0 unspecified atom stereocenters. The largest absolute Gasteiger partial charge is 0.508 e. The van der Waals surface area contributed by atoms with Crippen molar-refractivity contribution in [1.29, 1.82) is 0 Å². The van der Waals surface area contributed by atoms with Crippen LogP contribution in [0.2, 0.25) is 0 Å². The van der Waals surface area contributed by atoms with Gasteiger partial charge in [0, 0.05) is 17.7 Å². The van der Waals surface area contributed by atoms with Crippen molar-refractivity contribution in [1.82, 2.24) is 0 Å². The number of hydrogen-bond donors (Lipinski definition) is 9. The summed E-state index contributed by atoms with van der Waals surface area (Å²) in [6.07, 6.45) is -16.5. The first-order chi connectivity index (χ1) is 20.9. The van der Waals surface area contributed by atoms with Crippen LogP contribution in [0, 0.1) is 0 Å². The quantitative estimate of drug-likeness (QED) is 0.147. The highest BCUT2D eigenvalue weighted by Crippen LogP contribution is 2.40. The number of phenolic OH excluding ortho intramolecular Hbond substituents is 3. The van der Waals surface area contributed by atoms with Gasteiger partial charge in [0.2, 0.25) is 17.5 Å². The Morgan fingerprint density at radius 2 is 1.57 bits per heavy atom. The molecule has 2 aliphatic rings. The van der Waals surface area contributed by atoms with Crippen LogP contribution in [0.3, 0.4) is 0 Å². The van der Waals surface area contributed by atoms with E-state index in [2.05, 4.69) is 0 Å². The van der Waals surface area contributed by atoms with Gasteiger partial charge in [-0.15, -0.1) is 0 Å². The van der Waals surface area contributed by atoms with Gasteiger partial charge in [0.05, 0.1) is 19.8 Å². The van der Waals surface area contributed by atoms with Gasteiger partial charge in [-0.1, -0.05) is 0 Å². The van der Waals surface area contributed by atoms with E-state index in [-0.39, 0.29) is 28.4 Å². The number of aliphatic hydroxyl groups is 6. The summed E-state index contributed by atoms with van der Waals surface area (Å²) in [6.45, 7) is 0.570. The molecule has 0 spiro atoms. The molecular weight excluding hydrogens is 592 g/mol. The molecule has 2 aromatic carbocycles. The maximum atomic E-state index is 13.8. The molecule has 0 saturated carbocycles. The van der Waals surface area contributed by atoms with Gasteiger partial charge in [-0.25, -0.2) is 0 Å². The van der Waals surface area contributed by atoms with Gasteiger partial charge in [0.15, 0.2) is 29.7 Å². The van der Waals surface area contributed by atoms with Crippen LogP contribution in [0.1, 0.15) is 6.92 Å². The maximum Gasteiger partial charge on any atom is 0.239 e. The predicted molar refractivity (Wildman–Crippen MR) is 145 cm³/mol. The molecule has 240 valence electrons. The predicted octanol–water partition coefficient (Wildman–Crippen LogP) is -1.38. The zero-order valence-corrected chi connectivity index (χ0v) is 23.3. The van der Waals surface area contributed by atoms with E-state index in [9.17, 15) is 50.8 Å². The normalized spacial score (nSPS) is 32.5. The topological polar surface area (TPSA) is 258 Å². The molecule has 2 aliphatic heterocycles. The number of methoxy groups -OCH3 is 1. The zero-order valence-electron chi connectivity index (χ0n) is 23.3. The Morgan fingerprint density at radius 1 is 0.841 bits per heavy atom. The minimum absolute atomic E-state index is 0.0257. The molecule has 0 amide bonds. The molecule has 16 heteroatoms. The highest BCUT2D eigenvalue weighted by molar-refractivity contribution is 5.88. The molecule has 44 heavy (non-hydrogen) atoms. The van der Waals surface area contributed by atoms with Gasteiger partial charge in [0.25, 0.3) is 0 Å². The Morgan fingerprint density at radius 3 is 2.25 bits per heavy atom. The summed E-state index contributed by atoms with van der Waals surface area (Å²) < 4.78 is 33.8. The second-order valence-corrected chi connectivity index (χ2v) is 10.4. The first-order valence-electron chi connectivity index (χ1n) is 13.4. The lowest BCUT2D eigenvalue weighted by Crippen LogP contribution is -2.64. The van der Waals surface area contributed by atoms with Gasteiger partial charge in [0.1, 0.15) is 59.1 Å². The van der Waals surface area contributed by atoms with Gasteiger partial charge in [-0.05, 0) is 25.1 Å².